The van der Waals surface area contributed by atoms with Crippen molar-refractivity contribution in [2.75, 3.05) is 36.4 Å². The van der Waals surface area contributed by atoms with Crippen molar-refractivity contribution in [1.82, 2.24) is 30.1 Å². The quantitative estimate of drug-likeness (QED) is 0.483. The lowest BCUT2D eigenvalue weighted by Crippen LogP contribution is -2.43. The maximum Gasteiger partial charge on any atom is 0.208 e. The fourth-order valence-corrected chi connectivity index (χ4v) is 4.68. The van der Waals surface area contributed by atoms with Crippen molar-refractivity contribution in [2.45, 2.75) is 19.9 Å². The van der Waals surface area contributed by atoms with E-state index in [0.717, 1.165) is 64.5 Å². The van der Waals surface area contributed by atoms with Crippen LogP contribution in [0.3, 0.4) is 0 Å². The zero-order valence-corrected chi connectivity index (χ0v) is 18.7. The number of rotatable bonds is 5. The predicted molar refractivity (Wildman–Crippen MR) is 126 cm³/mol. The molecule has 1 saturated heterocycles. The normalized spacial score (nSPS) is 14.1. The van der Waals surface area contributed by atoms with E-state index < -0.39 is 0 Å². The fourth-order valence-electron chi connectivity index (χ4n) is 3.76. The van der Waals surface area contributed by atoms with Gasteiger partial charge in [-0.3, -0.25) is 4.98 Å². The third kappa shape index (κ3) is 3.88. The van der Waals surface area contributed by atoms with Gasteiger partial charge in [0.1, 0.15) is 6.07 Å². The van der Waals surface area contributed by atoms with Crippen LogP contribution in [0.5, 0.6) is 0 Å². The third-order valence-corrected chi connectivity index (χ3v) is 6.29. The van der Waals surface area contributed by atoms with Crippen LogP contribution in [0.1, 0.15) is 19.4 Å². The number of hydrogen-bond donors (Lipinski definition) is 2. The first-order chi connectivity index (χ1) is 15.6. The highest BCUT2D eigenvalue weighted by atomic mass is 32.1. The molecule has 4 aromatic rings. The van der Waals surface area contributed by atoms with Gasteiger partial charge >= 0.3 is 0 Å². The molecule has 9 nitrogen and oxygen atoms in total. The molecule has 1 aliphatic heterocycles. The highest BCUT2D eigenvalue weighted by molar-refractivity contribution is 7.18. The lowest BCUT2D eigenvalue weighted by Gasteiger charge is -2.26. The van der Waals surface area contributed by atoms with Gasteiger partial charge in [0.25, 0.3) is 0 Å². The van der Waals surface area contributed by atoms with E-state index in [1.165, 1.54) is 0 Å². The topological polar surface area (TPSA) is 107 Å². The second-order valence-corrected chi connectivity index (χ2v) is 8.91. The molecule has 0 aliphatic carbocycles. The number of nitriles is 1. The Morgan fingerprint density at radius 3 is 2.78 bits per heavy atom. The van der Waals surface area contributed by atoms with Crippen LogP contribution in [0, 0.1) is 11.3 Å². The van der Waals surface area contributed by atoms with Gasteiger partial charge in [-0.2, -0.15) is 10.4 Å². The maximum absolute atomic E-state index is 9.13. The number of nitrogens with one attached hydrogen (secondary N) is 2. The van der Waals surface area contributed by atoms with Crippen molar-refractivity contribution < 1.29 is 0 Å². The molecule has 4 aromatic heterocycles. The van der Waals surface area contributed by atoms with Crippen molar-refractivity contribution in [3.63, 3.8) is 0 Å². The molecule has 5 heterocycles. The van der Waals surface area contributed by atoms with E-state index in [2.05, 4.69) is 50.7 Å². The average Bonchev–Trinajstić information content (AvgIpc) is 3.46. The highest BCUT2D eigenvalue weighted by Gasteiger charge is 2.19. The van der Waals surface area contributed by atoms with Crippen molar-refractivity contribution in [1.29, 1.82) is 5.26 Å². The van der Waals surface area contributed by atoms with Gasteiger partial charge in [0.15, 0.2) is 5.01 Å². The molecule has 1 fully saturated rings. The molecular formula is C22H23N9S. The Hall–Kier alpha value is -3.55. The first-order valence-electron chi connectivity index (χ1n) is 10.6. The molecule has 0 unspecified atom stereocenters. The molecule has 0 saturated carbocycles. The molecule has 0 amide bonds. The van der Waals surface area contributed by atoms with Gasteiger partial charge in [-0.1, -0.05) is 11.3 Å². The number of hydrogen-bond acceptors (Lipinski definition) is 9. The number of piperazine rings is 1. The number of fused-ring (bicyclic) bond motifs is 1. The van der Waals surface area contributed by atoms with Crippen LogP contribution < -0.4 is 15.5 Å². The Balaban J connectivity index is 1.53. The second-order valence-electron chi connectivity index (χ2n) is 7.95. The molecule has 0 atom stereocenters. The molecule has 32 heavy (non-hydrogen) atoms. The van der Waals surface area contributed by atoms with Gasteiger partial charge in [-0.15, -0.1) is 10.2 Å². The molecule has 0 radical (unpaired) electrons. The van der Waals surface area contributed by atoms with Crippen LogP contribution >= 0.6 is 11.3 Å². The first-order valence-corrected chi connectivity index (χ1v) is 11.4. The minimum atomic E-state index is 0.241. The van der Waals surface area contributed by atoms with Gasteiger partial charge in [-0.05, 0) is 38.1 Å². The zero-order chi connectivity index (χ0) is 22.1. The highest BCUT2D eigenvalue weighted by Crippen LogP contribution is 2.35. The SMILES string of the molecule is CC(C)Nc1cc(-c2ccc3cc(C#N)cnn23)ncc1-c1nnc(N2CCNCC2)s1. The molecule has 0 spiro atoms. The smallest absolute Gasteiger partial charge is 0.208 e. The standard InChI is InChI=1S/C22H23N9S/c1-14(2)27-18-10-19(20-4-3-16-9-15(11-23)12-26-31(16)20)25-13-17(18)21-28-29-22(32-21)30-7-5-24-6-8-30/h3-4,9-10,12-14,24H,5-8H2,1-2H3,(H,25,27). The van der Waals surface area contributed by atoms with E-state index >= 15 is 0 Å². The van der Waals surface area contributed by atoms with E-state index in [4.69, 9.17) is 10.2 Å². The summed E-state index contributed by atoms with van der Waals surface area (Å²) >= 11 is 1.59. The van der Waals surface area contributed by atoms with Crippen molar-refractivity contribution in [3.8, 4) is 28.0 Å². The summed E-state index contributed by atoms with van der Waals surface area (Å²) in [6.07, 6.45) is 3.42. The minimum absolute atomic E-state index is 0.241. The summed E-state index contributed by atoms with van der Waals surface area (Å²) in [5.74, 6) is 0. The monoisotopic (exact) mass is 445 g/mol. The molecule has 10 heteroatoms. The predicted octanol–water partition coefficient (Wildman–Crippen LogP) is 3.02. The van der Waals surface area contributed by atoms with Crippen LogP contribution in [0.15, 0.2) is 36.7 Å². The van der Waals surface area contributed by atoms with Crippen molar-refractivity contribution >= 4 is 27.7 Å². The second kappa shape index (κ2) is 8.53. The number of pyridine rings is 1. The number of nitrogens with zero attached hydrogens (tertiary/aromatic N) is 7. The van der Waals surface area contributed by atoms with Gasteiger partial charge in [0, 0.05) is 44.1 Å². The molecule has 1 aliphatic rings. The van der Waals surface area contributed by atoms with Crippen molar-refractivity contribution in [2.24, 2.45) is 0 Å². The summed E-state index contributed by atoms with van der Waals surface area (Å²) in [4.78, 5) is 7.00. The Labute approximate surface area is 189 Å². The fraction of sp³-hybridized carbons (Fsp3) is 0.318. The van der Waals surface area contributed by atoms with E-state index in [-0.39, 0.29) is 6.04 Å². The Kier molecular flexibility index (Phi) is 5.43. The minimum Gasteiger partial charge on any atom is -0.382 e. The van der Waals surface area contributed by atoms with Gasteiger partial charge < -0.3 is 15.5 Å². The average molecular weight is 446 g/mol. The molecule has 0 aromatic carbocycles. The Bertz CT molecular complexity index is 1290. The van der Waals surface area contributed by atoms with Crippen LogP contribution in [0.25, 0.3) is 27.5 Å². The van der Waals surface area contributed by atoms with Gasteiger partial charge in [0.2, 0.25) is 5.13 Å². The van der Waals surface area contributed by atoms with E-state index in [1.54, 1.807) is 22.0 Å². The summed E-state index contributed by atoms with van der Waals surface area (Å²) in [6.45, 7) is 8.00. The zero-order valence-electron chi connectivity index (χ0n) is 17.9. The van der Waals surface area contributed by atoms with Gasteiger partial charge in [0.05, 0.1) is 34.2 Å². The van der Waals surface area contributed by atoms with Crippen LogP contribution in [0.4, 0.5) is 10.8 Å². The van der Waals surface area contributed by atoms with E-state index in [1.807, 2.05) is 30.5 Å². The molecule has 162 valence electrons. The Morgan fingerprint density at radius 2 is 2.00 bits per heavy atom. The van der Waals surface area contributed by atoms with Crippen LogP contribution in [0.2, 0.25) is 0 Å². The molecule has 5 rings (SSSR count). The lowest BCUT2D eigenvalue weighted by molar-refractivity contribution is 0.587. The first kappa shape index (κ1) is 20.4. The summed E-state index contributed by atoms with van der Waals surface area (Å²) in [5.41, 5.74) is 4.93. The summed E-state index contributed by atoms with van der Waals surface area (Å²) in [5, 5.41) is 31.1. The molecule has 0 bridgehead atoms. The molecule has 2 N–H and O–H groups in total. The Morgan fingerprint density at radius 1 is 1.16 bits per heavy atom. The third-order valence-electron chi connectivity index (χ3n) is 5.27. The van der Waals surface area contributed by atoms with Crippen molar-refractivity contribution in [3.05, 3.63) is 42.2 Å². The summed E-state index contributed by atoms with van der Waals surface area (Å²) in [7, 11) is 0. The van der Waals surface area contributed by atoms with Gasteiger partial charge in [-0.25, -0.2) is 4.52 Å². The van der Waals surface area contributed by atoms with Crippen LogP contribution in [-0.2, 0) is 0 Å². The largest absolute Gasteiger partial charge is 0.382 e. The molecular weight excluding hydrogens is 422 g/mol. The summed E-state index contributed by atoms with van der Waals surface area (Å²) < 4.78 is 1.80. The van der Waals surface area contributed by atoms with E-state index in [9.17, 15) is 0 Å². The summed E-state index contributed by atoms with van der Waals surface area (Å²) in [6, 6.07) is 10.1. The number of anilines is 2. The lowest BCUT2D eigenvalue weighted by atomic mass is 10.1. The maximum atomic E-state index is 9.13. The number of aromatic nitrogens is 5. The van der Waals surface area contributed by atoms with Crippen LogP contribution in [-0.4, -0.2) is 57.0 Å². The van der Waals surface area contributed by atoms with E-state index in [0.29, 0.717) is 5.56 Å².